The molecule has 2 nitrogen and oxygen atoms in total. The Kier molecular flexibility index (Phi) is 4.74. The van der Waals surface area contributed by atoms with Gasteiger partial charge >= 0.3 is 0 Å². The van der Waals surface area contributed by atoms with Crippen molar-refractivity contribution in [2.45, 2.75) is 32.7 Å². The van der Waals surface area contributed by atoms with E-state index in [2.05, 4.69) is 13.8 Å². The average molecular weight is 225 g/mol. The minimum Gasteiger partial charge on any atom is -0.496 e. The summed E-state index contributed by atoms with van der Waals surface area (Å²) in [5.41, 5.74) is 6.79. The number of nitrogens with two attached hydrogens (primary N) is 1. The Morgan fingerprint density at radius 2 is 2.00 bits per heavy atom. The van der Waals surface area contributed by atoms with Gasteiger partial charge in [-0.25, -0.2) is 4.39 Å². The van der Waals surface area contributed by atoms with E-state index >= 15 is 0 Å². The number of ether oxygens (including phenoxy) is 1. The third-order valence-corrected chi connectivity index (χ3v) is 2.65. The zero-order valence-electron chi connectivity index (χ0n) is 10.2. The Balaban J connectivity index is 2.80. The molecule has 1 rings (SSSR count). The molecule has 0 radical (unpaired) electrons. The van der Waals surface area contributed by atoms with E-state index in [1.807, 2.05) is 0 Å². The van der Waals surface area contributed by atoms with Crippen molar-refractivity contribution in [2.24, 2.45) is 11.7 Å². The van der Waals surface area contributed by atoms with Gasteiger partial charge in [-0.1, -0.05) is 13.8 Å². The van der Waals surface area contributed by atoms with Crippen LogP contribution < -0.4 is 10.5 Å². The molecular weight excluding hydrogens is 205 g/mol. The van der Waals surface area contributed by atoms with Crippen LogP contribution in [0.25, 0.3) is 0 Å². The van der Waals surface area contributed by atoms with E-state index in [1.54, 1.807) is 13.2 Å². The van der Waals surface area contributed by atoms with Crippen LogP contribution in [0.2, 0.25) is 0 Å². The lowest BCUT2D eigenvalue weighted by atomic mass is 9.97. The Bertz CT molecular complexity index is 339. The van der Waals surface area contributed by atoms with Crippen molar-refractivity contribution >= 4 is 0 Å². The zero-order chi connectivity index (χ0) is 12.1. The molecule has 2 N–H and O–H groups in total. The fraction of sp³-hybridized carbons (Fsp3) is 0.538. The molecule has 0 heterocycles. The molecule has 0 fully saturated rings. The fourth-order valence-corrected chi connectivity index (χ4v) is 1.66. The van der Waals surface area contributed by atoms with Gasteiger partial charge in [0.1, 0.15) is 11.6 Å². The first-order valence-electron chi connectivity index (χ1n) is 5.63. The molecule has 0 spiro atoms. The molecule has 1 aromatic rings. The first kappa shape index (κ1) is 13.0. The van der Waals surface area contributed by atoms with Gasteiger partial charge in [-0.05, 0) is 37.0 Å². The lowest BCUT2D eigenvalue weighted by Gasteiger charge is -2.16. The van der Waals surface area contributed by atoms with Gasteiger partial charge in [0.15, 0.2) is 0 Å². The van der Waals surface area contributed by atoms with Gasteiger partial charge in [-0.3, -0.25) is 0 Å². The van der Waals surface area contributed by atoms with Gasteiger partial charge in [0.25, 0.3) is 0 Å². The molecule has 0 saturated heterocycles. The second-order valence-electron chi connectivity index (χ2n) is 4.46. The lowest BCUT2D eigenvalue weighted by molar-refractivity contribution is 0.399. The van der Waals surface area contributed by atoms with E-state index in [9.17, 15) is 4.39 Å². The summed E-state index contributed by atoms with van der Waals surface area (Å²) in [4.78, 5) is 0. The predicted molar refractivity (Wildman–Crippen MR) is 64.0 cm³/mol. The van der Waals surface area contributed by atoms with Crippen LogP contribution in [0, 0.1) is 11.7 Å². The molecule has 0 aromatic heterocycles. The second-order valence-corrected chi connectivity index (χ2v) is 4.46. The third kappa shape index (κ3) is 3.49. The van der Waals surface area contributed by atoms with Crippen LogP contribution in [-0.2, 0) is 0 Å². The highest BCUT2D eigenvalue weighted by Gasteiger charge is 2.13. The van der Waals surface area contributed by atoms with Crippen LogP contribution in [0.1, 0.15) is 38.3 Å². The molecule has 16 heavy (non-hydrogen) atoms. The van der Waals surface area contributed by atoms with Crippen LogP contribution in [0.3, 0.4) is 0 Å². The van der Waals surface area contributed by atoms with Gasteiger partial charge < -0.3 is 10.5 Å². The van der Waals surface area contributed by atoms with Crippen molar-refractivity contribution in [2.75, 3.05) is 7.11 Å². The molecule has 0 unspecified atom stereocenters. The highest BCUT2D eigenvalue weighted by molar-refractivity contribution is 5.36. The molecule has 0 saturated carbocycles. The summed E-state index contributed by atoms with van der Waals surface area (Å²) in [6.07, 6.45) is 1.87. The molecule has 90 valence electrons. The maximum Gasteiger partial charge on any atom is 0.123 e. The van der Waals surface area contributed by atoms with Gasteiger partial charge in [0.2, 0.25) is 0 Å². The molecule has 1 aromatic carbocycles. The fourth-order valence-electron chi connectivity index (χ4n) is 1.66. The predicted octanol–water partition coefficient (Wildman–Crippen LogP) is 3.27. The smallest absolute Gasteiger partial charge is 0.123 e. The number of hydrogen-bond donors (Lipinski definition) is 1. The summed E-state index contributed by atoms with van der Waals surface area (Å²) in [7, 11) is 1.58. The summed E-state index contributed by atoms with van der Waals surface area (Å²) < 4.78 is 18.3. The van der Waals surface area contributed by atoms with Crippen LogP contribution in [0.15, 0.2) is 18.2 Å². The maximum atomic E-state index is 13.1. The maximum absolute atomic E-state index is 13.1. The molecule has 0 bridgehead atoms. The van der Waals surface area contributed by atoms with E-state index in [1.165, 1.54) is 12.1 Å². The van der Waals surface area contributed by atoms with Crippen LogP contribution >= 0.6 is 0 Å². The molecule has 1 atom stereocenters. The molecular formula is C13H20FNO. The van der Waals surface area contributed by atoms with Gasteiger partial charge in [0.05, 0.1) is 7.11 Å². The van der Waals surface area contributed by atoms with Crippen molar-refractivity contribution in [3.8, 4) is 5.75 Å². The van der Waals surface area contributed by atoms with Gasteiger partial charge in [-0.15, -0.1) is 0 Å². The molecule has 0 aliphatic heterocycles. The Hall–Kier alpha value is -1.09. The first-order valence-corrected chi connectivity index (χ1v) is 5.63. The van der Waals surface area contributed by atoms with E-state index in [-0.39, 0.29) is 11.9 Å². The second kappa shape index (κ2) is 5.85. The highest BCUT2D eigenvalue weighted by Crippen LogP contribution is 2.28. The molecule has 0 aliphatic rings. The third-order valence-electron chi connectivity index (χ3n) is 2.65. The number of benzene rings is 1. The number of rotatable bonds is 5. The van der Waals surface area contributed by atoms with E-state index in [0.717, 1.165) is 18.4 Å². The van der Waals surface area contributed by atoms with Crippen LogP contribution in [0.5, 0.6) is 5.75 Å². The minimum absolute atomic E-state index is 0.159. The lowest BCUT2D eigenvalue weighted by Crippen LogP contribution is -2.12. The average Bonchev–Trinajstić information content (AvgIpc) is 2.25. The van der Waals surface area contributed by atoms with Crippen LogP contribution in [-0.4, -0.2) is 7.11 Å². The summed E-state index contributed by atoms with van der Waals surface area (Å²) >= 11 is 0. The van der Waals surface area contributed by atoms with Crippen molar-refractivity contribution in [3.63, 3.8) is 0 Å². The summed E-state index contributed by atoms with van der Waals surface area (Å²) in [5, 5.41) is 0. The van der Waals surface area contributed by atoms with E-state index in [0.29, 0.717) is 11.7 Å². The topological polar surface area (TPSA) is 35.2 Å². The Morgan fingerprint density at radius 3 is 2.56 bits per heavy atom. The summed E-state index contributed by atoms with van der Waals surface area (Å²) in [5.74, 6) is 0.999. The number of halogens is 1. The largest absolute Gasteiger partial charge is 0.496 e. The normalized spacial score (nSPS) is 12.9. The summed E-state index contributed by atoms with van der Waals surface area (Å²) in [6, 6.07) is 4.31. The highest BCUT2D eigenvalue weighted by atomic mass is 19.1. The van der Waals surface area contributed by atoms with Gasteiger partial charge in [0, 0.05) is 11.6 Å². The zero-order valence-corrected chi connectivity index (χ0v) is 10.2. The number of methoxy groups -OCH3 is 1. The van der Waals surface area contributed by atoms with E-state index < -0.39 is 0 Å². The Labute approximate surface area is 96.6 Å². The molecule has 3 heteroatoms. The first-order chi connectivity index (χ1) is 7.54. The van der Waals surface area contributed by atoms with Crippen molar-refractivity contribution < 1.29 is 9.13 Å². The molecule has 0 aliphatic carbocycles. The molecule has 0 amide bonds. The number of hydrogen-bond acceptors (Lipinski definition) is 2. The Morgan fingerprint density at radius 1 is 1.31 bits per heavy atom. The van der Waals surface area contributed by atoms with Crippen molar-refractivity contribution in [3.05, 3.63) is 29.6 Å². The quantitative estimate of drug-likeness (QED) is 0.834. The SMILES string of the molecule is COc1ccc(F)cc1[C@@H](N)CCC(C)C. The van der Waals surface area contributed by atoms with Gasteiger partial charge in [-0.2, -0.15) is 0 Å². The van der Waals surface area contributed by atoms with E-state index in [4.69, 9.17) is 10.5 Å². The standard InChI is InChI=1S/C13H20FNO/c1-9(2)4-6-12(15)11-8-10(14)5-7-13(11)16-3/h5,7-9,12H,4,6,15H2,1-3H3/t12-/m0/s1. The monoisotopic (exact) mass is 225 g/mol. The summed E-state index contributed by atoms with van der Waals surface area (Å²) in [6.45, 7) is 4.30. The van der Waals surface area contributed by atoms with Crippen LogP contribution in [0.4, 0.5) is 4.39 Å². The van der Waals surface area contributed by atoms with Crippen molar-refractivity contribution in [1.29, 1.82) is 0 Å². The minimum atomic E-state index is -0.268. The van der Waals surface area contributed by atoms with Crippen molar-refractivity contribution in [1.82, 2.24) is 0 Å².